The summed E-state index contributed by atoms with van der Waals surface area (Å²) in [4.78, 5) is 12.5. The van der Waals surface area contributed by atoms with E-state index in [-0.39, 0.29) is 30.0 Å². The van der Waals surface area contributed by atoms with Gasteiger partial charge in [-0.15, -0.1) is 12.4 Å². The summed E-state index contributed by atoms with van der Waals surface area (Å²) in [5.74, 6) is -0.195. The predicted octanol–water partition coefficient (Wildman–Crippen LogP) is 1.98. The topological polar surface area (TPSA) is 50.4 Å². The maximum atomic E-state index is 13.6. The van der Waals surface area contributed by atoms with E-state index >= 15 is 0 Å². The molecule has 6 heteroatoms. The van der Waals surface area contributed by atoms with Crippen molar-refractivity contribution >= 4 is 18.3 Å². The number of ether oxygens (including phenoxy) is 1. The first-order chi connectivity index (χ1) is 10.2. The molecule has 3 rings (SSSR count). The fourth-order valence-corrected chi connectivity index (χ4v) is 3.21. The molecule has 0 radical (unpaired) electrons. The number of hydrogen-bond acceptors (Lipinski definition) is 3. The summed E-state index contributed by atoms with van der Waals surface area (Å²) < 4.78 is 19.0. The molecule has 0 saturated carbocycles. The van der Waals surface area contributed by atoms with E-state index in [2.05, 4.69) is 10.6 Å². The molecule has 0 aliphatic carbocycles. The van der Waals surface area contributed by atoms with Crippen molar-refractivity contribution in [3.63, 3.8) is 0 Å². The zero-order chi connectivity index (χ0) is 14.7. The lowest BCUT2D eigenvalue weighted by Crippen LogP contribution is -2.51. The summed E-state index contributed by atoms with van der Waals surface area (Å²) in [5, 5.41) is 6.40. The Balaban J connectivity index is 0.00000176. The zero-order valence-corrected chi connectivity index (χ0v) is 13.3. The number of nitrogens with one attached hydrogen (secondary N) is 2. The summed E-state index contributed by atoms with van der Waals surface area (Å²) in [6.45, 7) is 2.77. The molecule has 1 amide bonds. The molecule has 2 saturated heterocycles. The molecule has 2 aliphatic heterocycles. The average molecular weight is 329 g/mol. The van der Waals surface area contributed by atoms with Crippen LogP contribution in [0.5, 0.6) is 0 Å². The van der Waals surface area contributed by atoms with Gasteiger partial charge in [-0.25, -0.2) is 4.39 Å². The van der Waals surface area contributed by atoms with Gasteiger partial charge in [0.2, 0.25) is 5.91 Å². The smallest absolute Gasteiger partial charge is 0.225 e. The Labute approximate surface area is 136 Å². The first kappa shape index (κ1) is 17.2. The highest BCUT2D eigenvalue weighted by Crippen LogP contribution is 2.33. The normalized spacial score (nSPS) is 23.6. The van der Waals surface area contributed by atoms with Gasteiger partial charge in [-0.05, 0) is 43.5 Å². The van der Waals surface area contributed by atoms with E-state index in [1.165, 1.54) is 12.1 Å². The second-order valence-electron chi connectivity index (χ2n) is 5.88. The summed E-state index contributed by atoms with van der Waals surface area (Å²) in [6, 6.07) is 6.55. The third-order valence-corrected chi connectivity index (χ3v) is 4.52. The van der Waals surface area contributed by atoms with E-state index in [4.69, 9.17) is 4.74 Å². The lowest BCUT2D eigenvalue weighted by atomic mass is 9.82. The largest absolute Gasteiger partial charge is 0.381 e. The van der Waals surface area contributed by atoms with Crippen LogP contribution in [0.15, 0.2) is 24.3 Å². The van der Waals surface area contributed by atoms with Crippen molar-refractivity contribution in [2.45, 2.75) is 24.8 Å². The average Bonchev–Trinajstić information content (AvgIpc) is 3.02. The van der Waals surface area contributed by atoms with Gasteiger partial charge in [0.15, 0.2) is 0 Å². The van der Waals surface area contributed by atoms with Gasteiger partial charge in [0.25, 0.3) is 0 Å². The quantitative estimate of drug-likeness (QED) is 0.892. The molecule has 2 aliphatic rings. The third kappa shape index (κ3) is 3.59. The number of carbonyl (C=O) groups excluding carboxylic acids is 1. The first-order valence-corrected chi connectivity index (χ1v) is 7.56. The van der Waals surface area contributed by atoms with Crippen molar-refractivity contribution in [3.05, 3.63) is 35.6 Å². The van der Waals surface area contributed by atoms with Crippen LogP contribution in [0.3, 0.4) is 0 Å². The van der Waals surface area contributed by atoms with E-state index in [1.807, 2.05) is 6.07 Å². The molecule has 122 valence electrons. The highest BCUT2D eigenvalue weighted by atomic mass is 35.5. The molecule has 2 fully saturated rings. The van der Waals surface area contributed by atoms with Gasteiger partial charge in [-0.1, -0.05) is 12.1 Å². The van der Waals surface area contributed by atoms with Crippen LogP contribution >= 0.6 is 12.4 Å². The number of amides is 1. The van der Waals surface area contributed by atoms with Gasteiger partial charge in [-0.2, -0.15) is 0 Å². The van der Waals surface area contributed by atoms with Crippen LogP contribution in [0.2, 0.25) is 0 Å². The standard InChI is InChI=1S/C16H21FN2O2.ClH/c17-14-3-1-2-13(10-14)16(5-8-21-9-6-16)19-15(20)12-4-7-18-11-12;/h1-3,10,12,18H,4-9,11H2,(H,19,20);1H. The minimum absolute atomic E-state index is 0. The SMILES string of the molecule is Cl.O=C(NC1(c2cccc(F)c2)CCOCC1)C1CCNC1. The van der Waals surface area contributed by atoms with E-state index in [1.54, 1.807) is 6.07 Å². The predicted molar refractivity (Wildman–Crippen MR) is 84.5 cm³/mol. The van der Waals surface area contributed by atoms with E-state index in [0.29, 0.717) is 26.1 Å². The molecule has 1 atom stereocenters. The lowest BCUT2D eigenvalue weighted by molar-refractivity contribution is -0.128. The minimum Gasteiger partial charge on any atom is -0.381 e. The summed E-state index contributed by atoms with van der Waals surface area (Å²) in [6.07, 6.45) is 2.23. The van der Waals surface area contributed by atoms with Crippen LogP contribution in [0.25, 0.3) is 0 Å². The molecule has 0 spiro atoms. The van der Waals surface area contributed by atoms with E-state index < -0.39 is 5.54 Å². The Hall–Kier alpha value is -1.17. The summed E-state index contributed by atoms with van der Waals surface area (Å²) >= 11 is 0. The van der Waals surface area contributed by atoms with Crippen molar-refractivity contribution < 1.29 is 13.9 Å². The molecule has 0 bridgehead atoms. The van der Waals surface area contributed by atoms with Gasteiger partial charge in [0.1, 0.15) is 5.82 Å². The molecule has 22 heavy (non-hydrogen) atoms. The molecule has 2 heterocycles. The number of hydrogen-bond donors (Lipinski definition) is 2. The van der Waals surface area contributed by atoms with Crippen molar-refractivity contribution in [1.82, 2.24) is 10.6 Å². The third-order valence-electron chi connectivity index (χ3n) is 4.52. The van der Waals surface area contributed by atoms with Crippen molar-refractivity contribution in [3.8, 4) is 0 Å². The highest BCUT2D eigenvalue weighted by molar-refractivity contribution is 5.85. The first-order valence-electron chi connectivity index (χ1n) is 7.56. The zero-order valence-electron chi connectivity index (χ0n) is 12.4. The minimum atomic E-state index is -0.500. The highest BCUT2D eigenvalue weighted by Gasteiger charge is 2.38. The maximum Gasteiger partial charge on any atom is 0.225 e. The number of benzene rings is 1. The Morgan fingerprint density at radius 1 is 1.36 bits per heavy atom. The van der Waals surface area contributed by atoms with Crippen molar-refractivity contribution in [2.24, 2.45) is 5.92 Å². The fourth-order valence-electron chi connectivity index (χ4n) is 3.21. The molecule has 2 N–H and O–H groups in total. The van der Waals surface area contributed by atoms with Crippen molar-refractivity contribution in [2.75, 3.05) is 26.3 Å². The molecule has 1 aromatic carbocycles. The molecule has 0 aromatic heterocycles. The Morgan fingerprint density at radius 2 is 2.14 bits per heavy atom. The summed E-state index contributed by atoms with van der Waals surface area (Å²) in [5.41, 5.74) is 0.338. The van der Waals surface area contributed by atoms with E-state index in [0.717, 1.165) is 25.1 Å². The van der Waals surface area contributed by atoms with Crippen molar-refractivity contribution in [1.29, 1.82) is 0 Å². The van der Waals surface area contributed by atoms with Crippen LogP contribution < -0.4 is 10.6 Å². The molecule has 1 aromatic rings. The monoisotopic (exact) mass is 328 g/mol. The Morgan fingerprint density at radius 3 is 2.77 bits per heavy atom. The van der Waals surface area contributed by atoms with Gasteiger partial charge < -0.3 is 15.4 Å². The molecule has 1 unspecified atom stereocenters. The second-order valence-corrected chi connectivity index (χ2v) is 5.88. The van der Waals surface area contributed by atoms with Crippen LogP contribution in [0.1, 0.15) is 24.8 Å². The van der Waals surface area contributed by atoms with Crippen LogP contribution in [0, 0.1) is 11.7 Å². The molecular formula is C16H22ClFN2O2. The Bertz CT molecular complexity index is 515. The fraction of sp³-hybridized carbons (Fsp3) is 0.562. The summed E-state index contributed by atoms with van der Waals surface area (Å²) in [7, 11) is 0. The van der Waals surface area contributed by atoms with Gasteiger partial charge in [-0.3, -0.25) is 4.79 Å². The van der Waals surface area contributed by atoms with Crippen LogP contribution in [0.4, 0.5) is 4.39 Å². The van der Waals surface area contributed by atoms with Gasteiger partial charge in [0, 0.05) is 19.8 Å². The lowest BCUT2D eigenvalue weighted by Gasteiger charge is -2.39. The number of halogens is 2. The molecule has 4 nitrogen and oxygen atoms in total. The van der Waals surface area contributed by atoms with E-state index in [9.17, 15) is 9.18 Å². The van der Waals surface area contributed by atoms with Crippen LogP contribution in [-0.2, 0) is 15.1 Å². The maximum absolute atomic E-state index is 13.6. The van der Waals surface area contributed by atoms with Crippen LogP contribution in [-0.4, -0.2) is 32.2 Å². The van der Waals surface area contributed by atoms with Gasteiger partial charge >= 0.3 is 0 Å². The van der Waals surface area contributed by atoms with Gasteiger partial charge in [0.05, 0.1) is 11.5 Å². The Kier molecular flexibility index (Phi) is 5.78. The molecular weight excluding hydrogens is 307 g/mol. The number of carbonyl (C=O) groups is 1. The second kappa shape index (κ2) is 7.40. The number of rotatable bonds is 3.